The van der Waals surface area contributed by atoms with Crippen molar-refractivity contribution in [3.63, 3.8) is 0 Å². The van der Waals surface area contributed by atoms with Crippen molar-refractivity contribution >= 4 is 23.6 Å². The van der Waals surface area contributed by atoms with Gasteiger partial charge in [0.05, 0.1) is 17.4 Å². The van der Waals surface area contributed by atoms with Gasteiger partial charge in [-0.15, -0.1) is 0 Å². The molecule has 1 aromatic rings. The van der Waals surface area contributed by atoms with Crippen molar-refractivity contribution in [2.24, 2.45) is 11.8 Å². The summed E-state index contributed by atoms with van der Waals surface area (Å²) >= 11 is 0. The summed E-state index contributed by atoms with van der Waals surface area (Å²) in [4.78, 5) is 40.3. The highest BCUT2D eigenvalue weighted by molar-refractivity contribution is 6.21. The molecular formula is C13H12N2O4. The van der Waals surface area contributed by atoms with Crippen LogP contribution >= 0.6 is 0 Å². The van der Waals surface area contributed by atoms with E-state index in [9.17, 15) is 14.4 Å². The summed E-state index contributed by atoms with van der Waals surface area (Å²) in [5, 5.41) is 8.93. The second-order valence-corrected chi connectivity index (χ2v) is 4.86. The van der Waals surface area contributed by atoms with E-state index in [1.807, 2.05) is 0 Å². The van der Waals surface area contributed by atoms with Crippen LogP contribution in [0.25, 0.3) is 0 Å². The van der Waals surface area contributed by atoms with Crippen molar-refractivity contribution in [1.82, 2.24) is 4.98 Å². The average Bonchev–Trinajstić information content (AvgIpc) is 2.95. The maximum atomic E-state index is 12.2. The lowest BCUT2D eigenvalue weighted by Crippen LogP contribution is -2.32. The Bertz CT molecular complexity index is 562. The van der Waals surface area contributed by atoms with Gasteiger partial charge in [-0.05, 0) is 25.0 Å². The van der Waals surface area contributed by atoms with Gasteiger partial charge in [-0.2, -0.15) is 0 Å². The predicted octanol–water partition coefficient (Wildman–Crippen LogP) is 1.07. The monoisotopic (exact) mass is 260 g/mol. The molecule has 2 fully saturated rings. The van der Waals surface area contributed by atoms with Crippen LogP contribution in [0.1, 0.15) is 29.6 Å². The third-order valence-corrected chi connectivity index (χ3v) is 3.81. The Hall–Kier alpha value is -2.24. The summed E-state index contributed by atoms with van der Waals surface area (Å²) in [6, 6.07) is 2.59. The Morgan fingerprint density at radius 3 is 2.47 bits per heavy atom. The average molecular weight is 260 g/mol. The van der Waals surface area contributed by atoms with Crippen LogP contribution in [0.2, 0.25) is 0 Å². The van der Waals surface area contributed by atoms with E-state index in [4.69, 9.17) is 5.11 Å². The Morgan fingerprint density at radius 2 is 1.89 bits per heavy atom. The highest BCUT2D eigenvalue weighted by atomic mass is 16.4. The van der Waals surface area contributed by atoms with E-state index in [1.54, 1.807) is 0 Å². The molecule has 0 bridgehead atoms. The van der Waals surface area contributed by atoms with Crippen LogP contribution in [0.4, 0.5) is 5.82 Å². The molecule has 2 amide bonds. The number of imide groups is 1. The van der Waals surface area contributed by atoms with Crippen LogP contribution in [-0.4, -0.2) is 27.9 Å². The third-order valence-electron chi connectivity index (χ3n) is 3.81. The lowest BCUT2D eigenvalue weighted by Gasteiger charge is -2.14. The molecule has 6 heteroatoms. The number of carbonyl (C=O) groups is 3. The van der Waals surface area contributed by atoms with Crippen LogP contribution in [0.15, 0.2) is 18.3 Å². The Morgan fingerprint density at radius 1 is 1.26 bits per heavy atom. The van der Waals surface area contributed by atoms with Crippen molar-refractivity contribution < 1.29 is 19.5 Å². The van der Waals surface area contributed by atoms with Crippen molar-refractivity contribution in [1.29, 1.82) is 0 Å². The predicted molar refractivity (Wildman–Crippen MR) is 64.5 cm³/mol. The number of carbonyl (C=O) groups excluding carboxylic acids is 2. The summed E-state index contributed by atoms with van der Waals surface area (Å²) < 4.78 is 0. The van der Waals surface area contributed by atoms with E-state index in [0.29, 0.717) is 0 Å². The van der Waals surface area contributed by atoms with Crippen LogP contribution in [0.5, 0.6) is 0 Å². The molecule has 1 aliphatic heterocycles. The molecule has 19 heavy (non-hydrogen) atoms. The molecule has 2 aliphatic rings. The van der Waals surface area contributed by atoms with E-state index in [-0.39, 0.29) is 35.0 Å². The summed E-state index contributed by atoms with van der Waals surface area (Å²) in [6.45, 7) is 0. The molecule has 2 atom stereocenters. The number of anilines is 1. The van der Waals surface area contributed by atoms with Gasteiger partial charge in [-0.3, -0.25) is 9.59 Å². The summed E-state index contributed by atoms with van der Waals surface area (Å²) in [5.74, 6) is -1.98. The Balaban J connectivity index is 1.98. The normalized spacial score (nSPS) is 25.8. The smallest absolute Gasteiger partial charge is 0.335 e. The van der Waals surface area contributed by atoms with Crippen LogP contribution in [0, 0.1) is 11.8 Å². The molecular weight excluding hydrogens is 248 g/mol. The minimum absolute atomic E-state index is 0.0164. The number of carboxylic acid groups (broad SMARTS) is 1. The number of pyridine rings is 1. The first kappa shape index (κ1) is 11.8. The molecule has 0 radical (unpaired) electrons. The quantitative estimate of drug-likeness (QED) is 0.803. The van der Waals surface area contributed by atoms with Crippen molar-refractivity contribution in [3.05, 3.63) is 23.9 Å². The molecule has 1 saturated carbocycles. The van der Waals surface area contributed by atoms with E-state index in [1.165, 1.54) is 18.3 Å². The molecule has 3 rings (SSSR count). The van der Waals surface area contributed by atoms with E-state index < -0.39 is 5.97 Å². The first-order valence-corrected chi connectivity index (χ1v) is 6.17. The zero-order valence-electron chi connectivity index (χ0n) is 10.1. The second kappa shape index (κ2) is 4.15. The van der Waals surface area contributed by atoms with Gasteiger partial charge in [0.15, 0.2) is 0 Å². The SMILES string of the molecule is O=C(O)c1ccnc(N2C(=O)C3CCCC3C2=O)c1. The third kappa shape index (κ3) is 1.71. The second-order valence-electron chi connectivity index (χ2n) is 4.86. The van der Waals surface area contributed by atoms with Crippen molar-refractivity contribution in [3.8, 4) is 0 Å². The number of hydrogen-bond donors (Lipinski definition) is 1. The lowest BCUT2D eigenvalue weighted by molar-refractivity contribution is -0.122. The number of aromatic carboxylic acids is 1. The minimum atomic E-state index is -1.11. The van der Waals surface area contributed by atoms with Crippen molar-refractivity contribution in [2.45, 2.75) is 19.3 Å². The zero-order valence-corrected chi connectivity index (χ0v) is 10.1. The number of fused-ring (bicyclic) bond motifs is 1. The number of rotatable bonds is 2. The minimum Gasteiger partial charge on any atom is -0.478 e. The van der Waals surface area contributed by atoms with E-state index in [2.05, 4.69) is 4.98 Å². The van der Waals surface area contributed by atoms with Gasteiger partial charge in [0.2, 0.25) is 11.8 Å². The van der Waals surface area contributed by atoms with Crippen LogP contribution in [0.3, 0.4) is 0 Å². The van der Waals surface area contributed by atoms with E-state index >= 15 is 0 Å². The fourth-order valence-electron chi connectivity index (χ4n) is 2.89. The summed E-state index contributed by atoms with van der Waals surface area (Å²) in [6.07, 6.45) is 3.64. The molecule has 1 aromatic heterocycles. The van der Waals surface area contributed by atoms with Gasteiger partial charge in [0.1, 0.15) is 5.82 Å². The Kier molecular flexibility index (Phi) is 2.58. The van der Waals surface area contributed by atoms with Crippen molar-refractivity contribution in [2.75, 3.05) is 4.90 Å². The molecule has 0 spiro atoms. The van der Waals surface area contributed by atoms with Gasteiger partial charge < -0.3 is 5.11 Å². The first-order chi connectivity index (χ1) is 9.09. The maximum absolute atomic E-state index is 12.2. The van der Waals surface area contributed by atoms with E-state index in [0.717, 1.165) is 24.2 Å². The fraction of sp³-hybridized carbons (Fsp3) is 0.385. The molecule has 1 N–H and O–H groups in total. The summed E-state index contributed by atoms with van der Waals surface area (Å²) in [5.41, 5.74) is 0.0164. The number of hydrogen-bond acceptors (Lipinski definition) is 4. The van der Waals surface area contributed by atoms with Gasteiger partial charge in [0, 0.05) is 6.20 Å². The summed E-state index contributed by atoms with van der Waals surface area (Å²) in [7, 11) is 0. The standard InChI is InChI=1S/C13H12N2O4/c16-11-8-2-1-3-9(8)12(17)15(11)10-6-7(13(18)19)4-5-14-10/h4-6,8-9H,1-3H2,(H,18,19). The lowest BCUT2D eigenvalue weighted by atomic mass is 10.00. The topological polar surface area (TPSA) is 87.6 Å². The highest BCUT2D eigenvalue weighted by Gasteiger charge is 2.50. The number of amides is 2. The van der Waals surface area contributed by atoms with Gasteiger partial charge in [-0.25, -0.2) is 14.7 Å². The number of aromatic nitrogens is 1. The van der Waals surface area contributed by atoms with Crippen LogP contribution in [-0.2, 0) is 9.59 Å². The number of carboxylic acids is 1. The Labute approximate surface area is 109 Å². The fourth-order valence-corrected chi connectivity index (χ4v) is 2.89. The molecule has 0 aromatic carbocycles. The maximum Gasteiger partial charge on any atom is 0.335 e. The zero-order chi connectivity index (χ0) is 13.6. The first-order valence-electron chi connectivity index (χ1n) is 6.17. The number of nitrogens with zero attached hydrogens (tertiary/aromatic N) is 2. The van der Waals surface area contributed by atoms with Gasteiger partial charge in [0.25, 0.3) is 0 Å². The molecule has 1 saturated heterocycles. The van der Waals surface area contributed by atoms with Crippen LogP contribution < -0.4 is 4.90 Å². The van der Waals surface area contributed by atoms with Gasteiger partial charge >= 0.3 is 5.97 Å². The largest absolute Gasteiger partial charge is 0.478 e. The molecule has 1 aliphatic carbocycles. The molecule has 2 heterocycles. The molecule has 2 unspecified atom stereocenters. The highest BCUT2D eigenvalue weighted by Crippen LogP contribution is 2.41. The molecule has 98 valence electrons. The van der Waals surface area contributed by atoms with Gasteiger partial charge in [-0.1, -0.05) is 6.42 Å². The molecule has 6 nitrogen and oxygen atoms in total.